The molecule has 10 nitrogen and oxygen atoms in total. The number of fused-ring (bicyclic) bond motifs is 1. The van der Waals surface area contributed by atoms with Gasteiger partial charge in [0.2, 0.25) is 5.91 Å². The molecule has 1 fully saturated rings. The Morgan fingerprint density at radius 1 is 1.34 bits per heavy atom. The lowest BCUT2D eigenvalue weighted by Crippen LogP contribution is -2.21. The smallest absolute Gasteiger partial charge is 0.418 e. The number of carbonyl (C=O) groups excluding carboxylic acids is 2. The molecule has 3 aromatic rings. The molecule has 14 heteroatoms. The van der Waals surface area contributed by atoms with E-state index in [-0.39, 0.29) is 40.4 Å². The number of anilines is 3. The number of nitrogens with one attached hydrogen (secondary N) is 3. The van der Waals surface area contributed by atoms with E-state index in [2.05, 4.69) is 20.7 Å². The molecule has 4 rings (SSSR count). The Hall–Kier alpha value is -3.94. The monoisotopic (exact) mass is 499 g/mol. The first-order valence-corrected chi connectivity index (χ1v) is 10.0. The van der Waals surface area contributed by atoms with Gasteiger partial charge in [0.15, 0.2) is 11.9 Å². The number of hydrogen-bond acceptors (Lipinski definition) is 7. The van der Waals surface area contributed by atoms with E-state index in [1.165, 1.54) is 6.20 Å². The van der Waals surface area contributed by atoms with Gasteiger partial charge in [-0.25, -0.2) is 13.9 Å². The molecule has 0 unspecified atom stereocenters. The summed E-state index contributed by atoms with van der Waals surface area (Å²) >= 11 is 0. The van der Waals surface area contributed by atoms with Crippen LogP contribution >= 0.6 is 0 Å². The van der Waals surface area contributed by atoms with Gasteiger partial charge in [0, 0.05) is 35.1 Å². The highest BCUT2D eigenvalue weighted by Crippen LogP contribution is 2.41. The zero-order chi connectivity index (χ0) is 28.0. The van der Waals surface area contributed by atoms with Gasteiger partial charge in [0.25, 0.3) is 5.91 Å². The van der Waals surface area contributed by atoms with E-state index >= 15 is 0 Å². The van der Waals surface area contributed by atoms with E-state index in [1.54, 1.807) is 5.32 Å². The van der Waals surface area contributed by atoms with Crippen LogP contribution in [0, 0.1) is 5.92 Å². The summed E-state index contributed by atoms with van der Waals surface area (Å²) in [6.45, 7) is -2.86. The van der Waals surface area contributed by atoms with Gasteiger partial charge in [-0.1, -0.05) is 0 Å². The molecule has 0 saturated heterocycles. The van der Waals surface area contributed by atoms with Gasteiger partial charge in [-0.05, 0) is 12.5 Å². The minimum absolute atomic E-state index is 0.00417. The lowest BCUT2D eigenvalue weighted by Gasteiger charge is -2.19. The Labute approximate surface area is 199 Å². The number of rotatable bonds is 7. The molecule has 0 spiro atoms. The van der Waals surface area contributed by atoms with Crippen LogP contribution in [0.1, 0.15) is 32.6 Å². The molecule has 3 atom stereocenters. The van der Waals surface area contributed by atoms with E-state index in [0.29, 0.717) is 0 Å². The van der Waals surface area contributed by atoms with Crippen molar-refractivity contribution in [3.63, 3.8) is 0 Å². The quantitative estimate of drug-likeness (QED) is 0.368. The number of ether oxygens (including phenoxy) is 1. The van der Waals surface area contributed by atoms with Crippen LogP contribution in [0.25, 0.3) is 5.52 Å². The maximum atomic E-state index is 13.3. The molecule has 0 aliphatic heterocycles. The van der Waals surface area contributed by atoms with Crippen LogP contribution in [-0.2, 0) is 4.79 Å². The minimum Gasteiger partial charge on any atom is -0.494 e. The van der Waals surface area contributed by atoms with E-state index in [9.17, 15) is 32.3 Å². The van der Waals surface area contributed by atoms with Gasteiger partial charge in [0.05, 0.1) is 36.2 Å². The molecule has 186 valence electrons. The summed E-state index contributed by atoms with van der Waals surface area (Å²) < 4.78 is 81.1. The Morgan fingerprint density at radius 2 is 2.09 bits per heavy atom. The van der Waals surface area contributed by atoms with E-state index < -0.39 is 48.7 Å². The number of amides is 2. The third-order valence-electron chi connectivity index (χ3n) is 5.31. The molecule has 35 heavy (non-hydrogen) atoms. The minimum atomic E-state index is -5.00. The fourth-order valence-corrected chi connectivity index (χ4v) is 3.44. The first-order chi connectivity index (χ1) is 17.7. The van der Waals surface area contributed by atoms with Crippen LogP contribution in [0.5, 0.6) is 5.75 Å². The molecule has 1 aliphatic rings. The molecule has 0 radical (unpaired) electrons. The number of hydrogen-bond donors (Lipinski definition) is 4. The average molecular weight is 499 g/mol. The molecule has 3 aromatic heterocycles. The summed E-state index contributed by atoms with van der Waals surface area (Å²) in [4.78, 5) is 28.7. The first-order valence-electron chi connectivity index (χ1n) is 11.5. The number of nitrogens with zero attached hydrogens (tertiary/aromatic N) is 3. The zero-order valence-electron chi connectivity index (χ0n) is 20.9. The van der Waals surface area contributed by atoms with Gasteiger partial charge in [-0.15, -0.1) is 0 Å². The van der Waals surface area contributed by atoms with Crippen molar-refractivity contribution in [2.75, 3.05) is 24.7 Å². The van der Waals surface area contributed by atoms with Crippen LogP contribution in [0.15, 0.2) is 30.7 Å². The summed E-state index contributed by atoms with van der Waals surface area (Å²) in [6.07, 6.45) is -5.83. The standard InChI is InChI=1S/C21H20F4N6O4/c1-26-19(33)11-7-27-15(30-20(34)10-5-12(10)22)6-13(11)29-14-8-28-31-4-3-9(17(35-2)16(14)31)18(32)21(23,24)25/h3-4,6-8,10,12,18,32H,5H2,1-2H3,(H,26,33)(H2,27,29,30,34)/t10-,12+,18-/m1/s1/i1D3. The van der Waals surface area contributed by atoms with Crippen molar-refractivity contribution in [2.45, 2.75) is 24.9 Å². The Morgan fingerprint density at radius 3 is 2.71 bits per heavy atom. The molecule has 0 bridgehead atoms. The van der Waals surface area contributed by atoms with Gasteiger partial charge >= 0.3 is 6.18 Å². The summed E-state index contributed by atoms with van der Waals surface area (Å²) in [5.74, 6) is -3.08. The summed E-state index contributed by atoms with van der Waals surface area (Å²) in [5.41, 5.74) is -1.10. The maximum Gasteiger partial charge on any atom is 0.418 e. The van der Waals surface area contributed by atoms with Crippen LogP contribution in [0.3, 0.4) is 0 Å². The van der Waals surface area contributed by atoms with Crippen molar-refractivity contribution in [3.05, 3.63) is 41.9 Å². The van der Waals surface area contributed by atoms with E-state index in [4.69, 9.17) is 8.85 Å². The topological polar surface area (TPSA) is 130 Å². The number of aliphatic hydroxyl groups excluding tert-OH is 1. The molecule has 3 heterocycles. The normalized spacial score (nSPS) is 19.8. The predicted molar refractivity (Wildman–Crippen MR) is 115 cm³/mol. The van der Waals surface area contributed by atoms with Gasteiger partial charge in [0.1, 0.15) is 17.5 Å². The lowest BCUT2D eigenvalue weighted by atomic mass is 10.1. The summed E-state index contributed by atoms with van der Waals surface area (Å²) in [7, 11) is 1.09. The fraction of sp³-hybridized carbons (Fsp3) is 0.333. The van der Waals surface area contributed by atoms with Crippen molar-refractivity contribution in [2.24, 2.45) is 5.92 Å². The van der Waals surface area contributed by atoms with Crippen LogP contribution in [0.2, 0.25) is 0 Å². The van der Waals surface area contributed by atoms with Crippen LogP contribution < -0.4 is 20.7 Å². The summed E-state index contributed by atoms with van der Waals surface area (Å²) in [5, 5.41) is 20.8. The zero-order valence-corrected chi connectivity index (χ0v) is 17.9. The SMILES string of the molecule is [2H]C([2H])([2H])NC(=O)c1cnc(NC(=O)[C@@H]2C[C@@H]2F)cc1Nc1cnn2ccc([C@@H](O)C(F)(F)F)c(OC)c12. The van der Waals surface area contributed by atoms with Crippen molar-refractivity contribution < 1.29 is 41.1 Å². The second-order valence-corrected chi connectivity index (χ2v) is 7.64. The highest BCUT2D eigenvalue weighted by Gasteiger charge is 2.44. The molecule has 1 aliphatic carbocycles. The molecule has 4 N–H and O–H groups in total. The Balaban J connectivity index is 1.77. The predicted octanol–water partition coefficient (Wildman–Crippen LogP) is 2.73. The number of alkyl halides is 4. The van der Waals surface area contributed by atoms with Gasteiger partial charge in [-0.3, -0.25) is 9.59 Å². The van der Waals surface area contributed by atoms with Crippen molar-refractivity contribution in [1.82, 2.24) is 19.9 Å². The Bertz CT molecular complexity index is 1400. The summed E-state index contributed by atoms with van der Waals surface area (Å²) in [6, 6.07) is 2.14. The number of aromatic nitrogens is 3. The van der Waals surface area contributed by atoms with Crippen LogP contribution in [0.4, 0.5) is 34.8 Å². The molecule has 2 amide bonds. The molecule has 0 aromatic carbocycles. The third-order valence-corrected chi connectivity index (χ3v) is 5.31. The number of halogens is 4. The Kier molecular flexibility index (Phi) is 5.26. The third kappa shape index (κ3) is 4.69. The van der Waals surface area contributed by atoms with Gasteiger partial charge < -0.3 is 25.8 Å². The second kappa shape index (κ2) is 9.02. The number of carbonyl (C=O) groups is 2. The highest BCUT2D eigenvalue weighted by molar-refractivity contribution is 6.02. The van der Waals surface area contributed by atoms with Crippen molar-refractivity contribution in [1.29, 1.82) is 0 Å². The number of aliphatic hydroxyl groups is 1. The molecular formula is C21H20F4N6O4. The number of methoxy groups -OCH3 is 1. The highest BCUT2D eigenvalue weighted by atomic mass is 19.4. The lowest BCUT2D eigenvalue weighted by molar-refractivity contribution is -0.207. The largest absolute Gasteiger partial charge is 0.494 e. The van der Waals surface area contributed by atoms with E-state index in [1.807, 2.05) is 0 Å². The molecular weight excluding hydrogens is 476 g/mol. The molecule has 1 saturated carbocycles. The van der Waals surface area contributed by atoms with Crippen molar-refractivity contribution >= 4 is 34.5 Å². The van der Waals surface area contributed by atoms with Gasteiger partial charge in [-0.2, -0.15) is 18.3 Å². The first kappa shape index (κ1) is 20.4. The average Bonchev–Trinajstić information content (AvgIpc) is 3.42. The second-order valence-electron chi connectivity index (χ2n) is 7.64. The van der Waals surface area contributed by atoms with E-state index in [0.717, 1.165) is 36.2 Å². The number of pyridine rings is 2. The van der Waals surface area contributed by atoms with Crippen molar-refractivity contribution in [3.8, 4) is 5.75 Å². The maximum absolute atomic E-state index is 13.3. The fourth-order valence-electron chi connectivity index (χ4n) is 3.44. The van der Waals surface area contributed by atoms with Crippen LogP contribution in [-0.4, -0.2) is 58.0 Å².